The Labute approximate surface area is 150 Å². The summed E-state index contributed by atoms with van der Waals surface area (Å²) in [7, 11) is 0. The van der Waals surface area contributed by atoms with E-state index in [2.05, 4.69) is 36.5 Å². The van der Waals surface area contributed by atoms with Crippen LogP contribution in [0.2, 0.25) is 0 Å². The lowest BCUT2D eigenvalue weighted by molar-refractivity contribution is -0.137. The van der Waals surface area contributed by atoms with Crippen molar-refractivity contribution in [3.63, 3.8) is 0 Å². The second-order valence-electron chi connectivity index (χ2n) is 7.15. The Hall–Kier alpha value is -2.33. The van der Waals surface area contributed by atoms with Crippen molar-refractivity contribution in [3.05, 3.63) is 65.7 Å². The average Bonchev–Trinajstić information content (AvgIpc) is 2.62. The molecular weight excluding hydrogens is 310 g/mol. The van der Waals surface area contributed by atoms with Crippen LogP contribution >= 0.6 is 0 Å². The number of aryl methyl sites for hydroxylation is 1. The molecule has 1 heterocycles. The van der Waals surface area contributed by atoms with Crippen LogP contribution in [0.1, 0.15) is 30.9 Å². The minimum Gasteiger partial charge on any atom is -0.382 e. The molecule has 2 aromatic carbocycles. The summed E-state index contributed by atoms with van der Waals surface area (Å²) < 4.78 is 0. The van der Waals surface area contributed by atoms with Gasteiger partial charge in [0.05, 0.1) is 0 Å². The Morgan fingerprint density at radius 1 is 1.12 bits per heavy atom. The van der Waals surface area contributed by atoms with Gasteiger partial charge in [-0.05, 0) is 49.9 Å². The number of likely N-dealkylation sites (tertiary alicyclic amines) is 1. The van der Waals surface area contributed by atoms with Crippen molar-refractivity contribution < 1.29 is 4.79 Å². The van der Waals surface area contributed by atoms with Gasteiger partial charge in [-0.2, -0.15) is 0 Å². The number of carbonyl (C=O) groups is 1. The van der Waals surface area contributed by atoms with Crippen LogP contribution in [0.4, 0.5) is 5.69 Å². The van der Waals surface area contributed by atoms with Crippen LogP contribution in [0.15, 0.2) is 54.6 Å². The molecule has 25 heavy (non-hydrogen) atoms. The third-order valence-corrected chi connectivity index (χ3v) is 4.99. The van der Waals surface area contributed by atoms with Crippen LogP contribution in [0.3, 0.4) is 0 Å². The fraction of sp³-hybridized carbons (Fsp3) is 0.381. The Morgan fingerprint density at radius 3 is 2.44 bits per heavy atom. The molecule has 2 aromatic rings. The summed E-state index contributed by atoms with van der Waals surface area (Å²) in [6, 6.07) is 18.4. The molecule has 3 rings (SSSR count). The van der Waals surface area contributed by atoms with Crippen LogP contribution in [-0.4, -0.2) is 29.9 Å². The quantitative estimate of drug-likeness (QED) is 0.900. The lowest BCUT2D eigenvalue weighted by Crippen LogP contribution is -2.54. The Balaban J connectivity index is 1.59. The molecule has 0 bridgehead atoms. The van der Waals surface area contributed by atoms with Crippen LogP contribution in [0.5, 0.6) is 0 Å². The number of nitrogens with two attached hydrogens (primary N) is 1. The molecule has 3 N–H and O–H groups in total. The van der Waals surface area contributed by atoms with E-state index in [-0.39, 0.29) is 5.91 Å². The van der Waals surface area contributed by atoms with Gasteiger partial charge in [-0.1, -0.05) is 42.5 Å². The fourth-order valence-corrected chi connectivity index (χ4v) is 3.43. The number of nitrogens with zero attached hydrogens (tertiary/aromatic N) is 1. The smallest absolute Gasteiger partial charge is 0.246 e. The maximum absolute atomic E-state index is 12.9. The van der Waals surface area contributed by atoms with Crippen molar-refractivity contribution in [3.8, 4) is 0 Å². The maximum Gasteiger partial charge on any atom is 0.246 e. The average molecular weight is 337 g/mol. The van der Waals surface area contributed by atoms with Crippen molar-refractivity contribution in [1.82, 2.24) is 4.90 Å². The molecular formula is C21H27N3O. The van der Waals surface area contributed by atoms with E-state index in [1.165, 1.54) is 5.56 Å². The lowest BCUT2D eigenvalue weighted by Gasteiger charge is -2.37. The molecule has 1 aliphatic rings. The zero-order valence-corrected chi connectivity index (χ0v) is 15.0. The van der Waals surface area contributed by atoms with Gasteiger partial charge >= 0.3 is 0 Å². The Morgan fingerprint density at radius 2 is 1.80 bits per heavy atom. The number of amides is 1. The van der Waals surface area contributed by atoms with Gasteiger partial charge in [-0.25, -0.2) is 0 Å². The van der Waals surface area contributed by atoms with E-state index in [0.29, 0.717) is 6.04 Å². The minimum atomic E-state index is -0.974. The molecule has 1 atom stereocenters. The van der Waals surface area contributed by atoms with Crippen molar-refractivity contribution in [2.45, 2.75) is 38.3 Å². The third-order valence-electron chi connectivity index (χ3n) is 4.99. The van der Waals surface area contributed by atoms with Crippen molar-refractivity contribution >= 4 is 11.6 Å². The van der Waals surface area contributed by atoms with E-state index in [1.54, 1.807) is 0 Å². The maximum atomic E-state index is 12.9. The van der Waals surface area contributed by atoms with E-state index >= 15 is 0 Å². The highest BCUT2D eigenvalue weighted by atomic mass is 16.2. The first-order valence-corrected chi connectivity index (χ1v) is 8.94. The van der Waals surface area contributed by atoms with Crippen molar-refractivity contribution in [2.24, 2.45) is 5.73 Å². The van der Waals surface area contributed by atoms with Gasteiger partial charge in [0, 0.05) is 24.8 Å². The molecule has 0 aromatic heterocycles. The molecule has 4 heteroatoms. The second kappa shape index (κ2) is 7.28. The van der Waals surface area contributed by atoms with Crippen LogP contribution in [0.25, 0.3) is 0 Å². The van der Waals surface area contributed by atoms with Gasteiger partial charge in [0.25, 0.3) is 0 Å². The van der Waals surface area contributed by atoms with Gasteiger partial charge < -0.3 is 16.0 Å². The summed E-state index contributed by atoms with van der Waals surface area (Å²) in [5.41, 5.74) is 8.67. The highest BCUT2D eigenvalue weighted by Crippen LogP contribution is 2.24. The normalized spacial score (nSPS) is 17.8. The van der Waals surface area contributed by atoms with Crippen LogP contribution < -0.4 is 11.1 Å². The van der Waals surface area contributed by atoms with Crippen LogP contribution in [0, 0.1) is 6.92 Å². The van der Waals surface area contributed by atoms with E-state index in [9.17, 15) is 4.79 Å². The lowest BCUT2D eigenvalue weighted by atomic mass is 9.90. The van der Waals surface area contributed by atoms with E-state index in [0.717, 1.165) is 37.2 Å². The van der Waals surface area contributed by atoms with Crippen molar-refractivity contribution in [2.75, 3.05) is 18.4 Å². The Bertz CT molecular complexity index is 719. The first kappa shape index (κ1) is 17.5. The first-order valence-electron chi connectivity index (χ1n) is 8.94. The van der Waals surface area contributed by atoms with Gasteiger partial charge in [0.2, 0.25) is 5.91 Å². The van der Waals surface area contributed by atoms with Gasteiger partial charge in [0.15, 0.2) is 0 Å². The zero-order valence-electron chi connectivity index (χ0n) is 15.0. The summed E-state index contributed by atoms with van der Waals surface area (Å²) in [6.45, 7) is 5.38. The third kappa shape index (κ3) is 4.02. The predicted molar refractivity (Wildman–Crippen MR) is 102 cm³/mol. The summed E-state index contributed by atoms with van der Waals surface area (Å²) >= 11 is 0. The first-order chi connectivity index (χ1) is 12.0. The highest BCUT2D eigenvalue weighted by Gasteiger charge is 2.35. The van der Waals surface area contributed by atoms with Gasteiger partial charge in [-0.3, -0.25) is 4.79 Å². The summed E-state index contributed by atoms with van der Waals surface area (Å²) in [4.78, 5) is 14.8. The fourth-order valence-electron chi connectivity index (χ4n) is 3.43. The summed E-state index contributed by atoms with van der Waals surface area (Å²) in [5.74, 6) is 0.00713. The summed E-state index contributed by atoms with van der Waals surface area (Å²) in [6.07, 6.45) is 1.87. The summed E-state index contributed by atoms with van der Waals surface area (Å²) in [5, 5.41) is 3.58. The number of anilines is 1. The van der Waals surface area contributed by atoms with E-state index in [4.69, 9.17) is 5.73 Å². The zero-order chi connectivity index (χ0) is 17.9. The topological polar surface area (TPSA) is 58.4 Å². The number of hydrogen-bond donors (Lipinski definition) is 2. The number of piperidine rings is 1. The second-order valence-corrected chi connectivity index (χ2v) is 7.15. The number of carbonyl (C=O) groups excluding carboxylic acids is 1. The van der Waals surface area contributed by atoms with E-state index in [1.807, 2.05) is 42.2 Å². The molecule has 132 valence electrons. The highest BCUT2D eigenvalue weighted by molar-refractivity contribution is 5.87. The molecule has 0 aliphatic carbocycles. The molecule has 1 unspecified atom stereocenters. The number of hydrogen-bond acceptors (Lipinski definition) is 3. The minimum absolute atomic E-state index is 0.00713. The van der Waals surface area contributed by atoms with Crippen LogP contribution in [-0.2, 0) is 10.3 Å². The largest absolute Gasteiger partial charge is 0.382 e. The monoisotopic (exact) mass is 337 g/mol. The standard InChI is InChI=1S/C21H27N3O/c1-16-7-6-10-19(15-16)23-18-11-13-24(14-12-18)20(25)21(2,22)17-8-4-3-5-9-17/h3-10,15,18,23H,11-14,22H2,1-2H3. The molecule has 1 saturated heterocycles. The molecule has 4 nitrogen and oxygen atoms in total. The molecule has 1 fully saturated rings. The SMILES string of the molecule is Cc1cccc(NC2CCN(C(=O)C(C)(N)c3ccccc3)CC2)c1. The Kier molecular flexibility index (Phi) is 5.09. The number of rotatable bonds is 4. The molecule has 0 radical (unpaired) electrons. The van der Waals surface area contributed by atoms with E-state index < -0.39 is 5.54 Å². The molecule has 1 aliphatic heterocycles. The molecule has 0 saturated carbocycles. The van der Waals surface area contributed by atoms with Gasteiger partial charge in [0.1, 0.15) is 5.54 Å². The molecule has 0 spiro atoms. The van der Waals surface area contributed by atoms with Crippen molar-refractivity contribution in [1.29, 1.82) is 0 Å². The predicted octanol–water partition coefficient (Wildman–Crippen LogP) is 3.27. The number of benzene rings is 2. The molecule has 1 amide bonds. The van der Waals surface area contributed by atoms with Gasteiger partial charge in [-0.15, -0.1) is 0 Å². The number of nitrogens with one attached hydrogen (secondary N) is 1.